The first kappa shape index (κ1) is 23.1. The van der Waals surface area contributed by atoms with Gasteiger partial charge in [-0.1, -0.05) is 11.6 Å². The standard InChI is InChI=1S/C18H19ClF3N7O4/c1-28-7-10(4-25-28)29(33-16(30)18(20,21)22)17-26-14-13(11(19)5-24-14)15(27-17)32-8-9-3-23-6-12(9)31-2/h4-5,7,9,12,23H,3,6,8H2,1-2H3,(H,24,26,27)/t9-,12+/m1/s1. The first-order chi connectivity index (χ1) is 15.7. The highest BCUT2D eigenvalue weighted by atomic mass is 35.5. The Labute approximate surface area is 189 Å². The molecule has 3 aromatic rings. The molecule has 0 saturated carbocycles. The molecule has 1 aliphatic rings. The van der Waals surface area contributed by atoms with Crippen LogP contribution in [0.3, 0.4) is 0 Å². The van der Waals surface area contributed by atoms with Crippen molar-refractivity contribution in [2.75, 3.05) is 31.9 Å². The number of anilines is 2. The van der Waals surface area contributed by atoms with E-state index in [2.05, 4.69) is 30.2 Å². The number of fused-ring (bicyclic) bond motifs is 1. The fraction of sp³-hybridized carbons (Fsp3) is 0.444. The van der Waals surface area contributed by atoms with Crippen molar-refractivity contribution < 1.29 is 32.3 Å². The molecule has 0 aromatic carbocycles. The molecule has 0 radical (unpaired) electrons. The number of aryl methyl sites for hydroxylation is 1. The second kappa shape index (κ2) is 9.03. The normalized spacial score (nSPS) is 18.6. The molecule has 3 aromatic heterocycles. The number of aromatic nitrogens is 5. The second-order valence-corrected chi connectivity index (χ2v) is 7.64. The molecule has 1 saturated heterocycles. The van der Waals surface area contributed by atoms with Crippen LogP contribution in [0.4, 0.5) is 24.8 Å². The number of halogens is 4. The van der Waals surface area contributed by atoms with E-state index in [4.69, 9.17) is 21.1 Å². The first-order valence-electron chi connectivity index (χ1n) is 9.66. The predicted octanol–water partition coefficient (Wildman–Crippen LogP) is 2.12. The fourth-order valence-corrected chi connectivity index (χ4v) is 3.57. The van der Waals surface area contributed by atoms with Crippen molar-refractivity contribution in [1.82, 2.24) is 30.0 Å². The van der Waals surface area contributed by atoms with Crippen LogP contribution in [0.2, 0.25) is 5.02 Å². The quantitative estimate of drug-likeness (QED) is 0.481. The van der Waals surface area contributed by atoms with Crippen molar-refractivity contribution in [1.29, 1.82) is 0 Å². The van der Waals surface area contributed by atoms with Crippen LogP contribution in [-0.4, -0.2) is 69.8 Å². The summed E-state index contributed by atoms with van der Waals surface area (Å²) in [6.07, 6.45) is -1.38. The van der Waals surface area contributed by atoms with Crippen molar-refractivity contribution in [3.8, 4) is 5.88 Å². The molecule has 11 nitrogen and oxygen atoms in total. The van der Waals surface area contributed by atoms with E-state index in [1.165, 1.54) is 23.3 Å². The van der Waals surface area contributed by atoms with Gasteiger partial charge in [0.1, 0.15) is 11.3 Å². The highest BCUT2D eigenvalue weighted by molar-refractivity contribution is 6.35. The van der Waals surface area contributed by atoms with E-state index in [0.717, 1.165) is 0 Å². The number of alkyl halides is 3. The number of carbonyl (C=O) groups is 1. The molecule has 0 spiro atoms. The second-order valence-electron chi connectivity index (χ2n) is 7.24. The van der Waals surface area contributed by atoms with Gasteiger partial charge in [-0.3, -0.25) is 4.68 Å². The number of nitrogens with zero attached hydrogens (tertiary/aromatic N) is 5. The van der Waals surface area contributed by atoms with E-state index >= 15 is 0 Å². The molecule has 4 heterocycles. The summed E-state index contributed by atoms with van der Waals surface area (Å²) in [7, 11) is 3.13. The summed E-state index contributed by atoms with van der Waals surface area (Å²) >= 11 is 6.24. The molecule has 0 unspecified atom stereocenters. The van der Waals surface area contributed by atoms with Gasteiger partial charge < -0.3 is 24.6 Å². The number of methoxy groups -OCH3 is 1. The van der Waals surface area contributed by atoms with Gasteiger partial charge in [-0.15, -0.1) is 5.06 Å². The molecule has 1 fully saturated rings. The van der Waals surface area contributed by atoms with Gasteiger partial charge in [0.05, 0.1) is 35.5 Å². The van der Waals surface area contributed by atoms with Crippen molar-refractivity contribution in [3.63, 3.8) is 0 Å². The van der Waals surface area contributed by atoms with Crippen LogP contribution in [-0.2, 0) is 21.4 Å². The van der Waals surface area contributed by atoms with Gasteiger partial charge in [-0.25, -0.2) is 4.79 Å². The van der Waals surface area contributed by atoms with E-state index in [9.17, 15) is 18.0 Å². The number of hydrogen-bond donors (Lipinski definition) is 2. The van der Waals surface area contributed by atoms with Gasteiger partial charge in [-0.05, 0) is 0 Å². The fourth-order valence-electron chi connectivity index (χ4n) is 3.34. The molecule has 4 rings (SSSR count). The molecule has 33 heavy (non-hydrogen) atoms. The van der Waals surface area contributed by atoms with Gasteiger partial charge >= 0.3 is 12.1 Å². The van der Waals surface area contributed by atoms with Gasteiger partial charge in [-0.2, -0.15) is 28.2 Å². The lowest BCUT2D eigenvalue weighted by Gasteiger charge is -2.21. The van der Waals surface area contributed by atoms with Crippen molar-refractivity contribution in [3.05, 3.63) is 23.6 Å². The highest BCUT2D eigenvalue weighted by Crippen LogP contribution is 2.34. The molecular formula is C18H19ClF3N7O4. The van der Waals surface area contributed by atoms with E-state index in [1.807, 2.05) is 0 Å². The highest BCUT2D eigenvalue weighted by Gasteiger charge is 2.43. The summed E-state index contributed by atoms with van der Waals surface area (Å²) in [5, 5.41) is 8.19. The Balaban J connectivity index is 1.72. The van der Waals surface area contributed by atoms with Crippen LogP contribution in [0, 0.1) is 5.92 Å². The van der Waals surface area contributed by atoms with Crippen LogP contribution in [0.25, 0.3) is 11.0 Å². The number of rotatable bonds is 7. The maximum Gasteiger partial charge on any atom is 0.493 e. The minimum Gasteiger partial charge on any atom is -0.477 e. The Kier molecular flexibility index (Phi) is 6.32. The zero-order valence-electron chi connectivity index (χ0n) is 17.4. The third-order valence-corrected chi connectivity index (χ3v) is 5.26. The third-order valence-electron chi connectivity index (χ3n) is 4.97. The summed E-state index contributed by atoms with van der Waals surface area (Å²) in [5.74, 6) is -2.85. The molecule has 0 aliphatic carbocycles. The molecule has 15 heteroatoms. The zero-order chi connectivity index (χ0) is 23.8. The average molecular weight is 490 g/mol. The molecule has 1 aliphatic heterocycles. The SMILES string of the molecule is CO[C@H]1CNC[C@@H]1COc1nc(N(OC(=O)C(F)(F)F)c2cnn(C)c2)nc2[nH]cc(Cl)c12. The molecule has 2 atom stereocenters. The lowest BCUT2D eigenvalue weighted by Crippen LogP contribution is -2.33. The van der Waals surface area contributed by atoms with E-state index in [1.54, 1.807) is 14.2 Å². The van der Waals surface area contributed by atoms with Crippen LogP contribution in [0.1, 0.15) is 0 Å². The van der Waals surface area contributed by atoms with Gasteiger partial charge in [0.2, 0.25) is 5.88 Å². The lowest BCUT2D eigenvalue weighted by atomic mass is 10.1. The maximum atomic E-state index is 12.9. The van der Waals surface area contributed by atoms with Crippen LogP contribution >= 0.6 is 11.6 Å². The summed E-state index contributed by atoms with van der Waals surface area (Å²) in [4.78, 5) is 27.4. The van der Waals surface area contributed by atoms with Crippen LogP contribution < -0.4 is 15.1 Å². The Morgan fingerprint density at radius 1 is 1.36 bits per heavy atom. The summed E-state index contributed by atoms with van der Waals surface area (Å²) < 4.78 is 51.4. The summed E-state index contributed by atoms with van der Waals surface area (Å²) in [6.45, 7) is 1.49. The lowest BCUT2D eigenvalue weighted by molar-refractivity contribution is -0.200. The summed E-state index contributed by atoms with van der Waals surface area (Å²) in [6, 6.07) is 0. The molecule has 178 valence electrons. The molecular weight excluding hydrogens is 471 g/mol. The minimum absolute atomic E-state index is 0.0000454. The average Bonchev–Trinajstić information content (AvgIpc) is 3.49. The van der Waals surface area contributed by atoms with Crippen molar-refractivity contribution >= 4 is 40.2 Å². The number of hydrogen-bond acceptors (Lipinski definition) is 9. The Bertz CT molecular complexity index is 1150. The third kappa shape index (κ3) is 4.82. The Morgan fingerprint density at radius 2 is 2.15 bits per heavy atom. The van der Waals surface area contributed by atoms with Crippen molar-refractivity contribution in [2.45, 2.75) is 12.3 Å². The van der Waals surface area contributed by atoms with Gasteiger partial charge in [0.15, 0.2) is 0 Å². The van der Waals surface area contributed by atoms with Crippen LogP contribution in [0.15, 0.2) is 18.6 Å². The van der Waals surface area contributed by atoms with E-state index in [0.29, 0.717) is 23.5 Å². The van der Waals surface area contributed by atoms with Crippen molar-refractivity contribution in [2.24, 2.45) is 13.0 Å². The Morgan fingerprint density at radius 3 is 2.82 bits per heavy atom. The summed E-state index contributed by atoms with van der Waals surface area (Å²) in [5.41, 5.74) is 0.155. The monoisotopic (exact) mass is 489 g/mol. The van der Waals surface area contributed by atoms with Gasteiger partial charge in [0, 0.05) is 39.4 Å². The topological polar surface area (TPSA) is 119 Å². The van der Waals surface area contributed by atoms with E-state index in [-0.39, 0.29) is 40.9 Å². The predicted molar refractivity (Wildman–Crippen MR) is 109 cm³/mol. The Hall–Kier alpha value is -3.10. The molecule has 0 amide bonds. The number of H-pyrrole nitrogens is 1. The molecule has 0 bridgehead atoms. The van der Waals surface area contributed by atoms with E-state index < -0.39 is 18.1 Å². The largest absolute Gasteiger partial charge is 0.493 e. The first-order valence-corrected chi connectivity index (χ1v) is 10.0. The number of nitrogens with one attached hydrogen (secondary N) is 2. The number of aromatic amines is 1. The van der Waals surface area contributed by atoms with Crippen LogP contribution in [0.5, 0.6) is 5.88 Å². The smallest absolute Gasteiger partial charge is 0.477 e. The minimum atomic E-state index is -5.25. The number of ether oxygens (including phenoxy) is 2. The zero-order valence-corrected chi connectivity index (χ0v) is 18.1. The number of carbonyl (C=O) groups excluding carboxylic acids is 1. The maximum absolute atomic E-state index is 12.9. The van der Waals surface area contributed by atoms with Gasteiger partial charge in [0.25, 0.3) is 5.95 Å². The molecule has 2 N–H and O–H groups in total.